The predicted molar refractivity (Wildman–Crippen MR) is 90.4 cm³/mol. The van der Waals surface area contributed by atoms with Crippen molar-refractivity contribution in [3.8, 4) is 10.7 Å². The first-order chi connectivity index (χ1) is 11.3. The van der Waals surface area contributed by atoms with Crippen LogP contribution in [0.1, 0.15) is 29.6 Å². The molecule has 3 heterocycles. The first kappa shape index (κ1) is 14.3. The first-order valence-electron chi connectivity index (χ1n) is 7.77. The van der Waals surface area contributed by atoms with Gasteiger partial charge in [-0.1, -0.05) is 0 Å². The number of hydrogen-bond acceptors (Lipinski definition) is 5. The van der Waals surface area contributed by atoms with E-state index in [-0.39, 0.29) is 5.91 Å². The molecule has 5 nitrogen and oxygen atoms in total. The van der Waals surface area contributed by atoms with E-state index in [2.05, 4.69) is 15.0 Å². The molecule has 0 aliphatic carbocycles. The molecule has 1 aliphatic rings. The van der Waals surface area contributed by atoms with Gasteiger partial charge in [0.25, 0.3) is 5.91 Å². The van der Waals surface area contributed by atoms with Gasteiger partial charge in [0, 0.05) is 30.2 Å². The number of benzene rings is 1. The molecule has 6 heteroatoms. The van der Waals surface area contributed by atoms with Crippen LogP contribution in [0.4, 0.5) is 0 Å². The zero-order chi connectivity index (χ0) is 15.6. The third-order valence-corrected chi connectivity index (χ3v) is 4.88. The fourth-order valence-electron chi connectivity index (χ4n) is 2.88. The maximum absolute atomic E-state index is 12.6. The number of fused-ring (bicyclic) bond motifs is 1. The van der Waals surface area contributed by atoms with Crippen LogP contribution in [0, 0.1) is 0 Å². The van der Waals surface area contributed by atoms with Crippen molar-refractivity contribution < 1.29 is 4.79 Å². The van der Waals surface area contributed by atoms with E-state index in [1.54, 1.807) is 12.4 Å². The zero-order valence-electron chi connectivity index (χ0n) is 12.6. The minimum atomic E-state index is 0.0908. The number of nitrogens with zero attached hydrogens (tertiary/aromatic N) is 4. The fourth-order valence-corrected chi connectivity index (χ4v) is 3.47. The molecule has 1 fully saturated rings. The van der Waals surface area contributed by atoms with Gasteiger partial charge in [0.15, 0.2) is 0 Å². The lowest BCUT2D eigenvalue weighted by Gasteiger charge is -2.26. The number of rotatable bonds is 2. The third-order valence-electron chi connectivity index (χ3n) is 4.08. The molecular formula is C17H16N4OS. The van der Waals surface area contributed by atoms with Crippen molar-refractivity contribution in [1.29, 1.82) is 0 Å². The summed E-state index contributed by atoms with van der Waals surface area (Å²) < 4.78 is 0. The Morgan fingerprint density at radius 1 is 1.09 bits per heavy atom. The Morgan fingerprint density at radius 3 is 2.74 bits per heavy atom. The molecule has 0 atom stereocenters. The highest BCUT2D eigenvalue weighted by atomic mass is 32.1. The number of amides is 1. The summed E-state index contributed by atoms with van der Waals surface area (Å²) in [6.07, 6.45) is 6.88. The van der Waals surface area contributed by atoms with Crippen molar-refractivity contribution in [3.63, 3.8) is 0 Å². The second-order valence-corrected chi connectivity index (χ2v) is 6.54. The highest BCUT2D eigenvalue weighted by Crippen LogP contribution is 2.22. The highest BCUT2D eigenvalue weighted by Gasteiger charge is 2.18. The van der Waals surface area contributed by atoms with E-state index in [0.29, 0.717) is 5.56 Å². The Bertz CT molecular complexity index is 841. The van der Waals surface area contributed by atoms with Crippen LogP contribution < -0.4 is 0 Å². The van der Waals surface area contributed by atoms with Crippen molar-refractivity contribution in [1.82, 2.24) is 19.9 Å². The largest absolute Gasteiger partial charge is 0.339 e. The number of thiazole rings is 1. The van der Waals surface area contributed by atoms with Gasteiger partial charge in [-0.2, -0.15) is 0 Å². The van der Waals surface area contributed by atoms with E-state index >= 15 is 0 Å². The summed E-state index contributed by atoms with van der Waals surface area (Å²) in [7, 11) is 0. The molecular weight excluding hydrogens is 308 g/mol. The number of carbonyl (C=O) groups is 1. The number of piperidine rings is 1. The maximum Gasteiger partial charge on any atom is 0.253 e. The van der Waals surface area contributed by atoms with Crippen molar-refractivity contribution in [2.24, 2.45) is 0 Å². The molecule has 3 aromatic rings. The molecule has 1 saturated heterocycles. The topological polar surface area (TPSA) is 59.0 Å². The van der Waals surface area contributed by atoms with Gasteiger partial charge >= 0.3 is 0 Å². The van der Waals surface area contributed by atoms with Crippen LogP contribution in [0.5, 0.6) is 0 Å². The number of hydrogen-bond donors (Lipinski definition) is 0. The van der Waals surface area contributed by atoms with Crippen LogP contribution in [0.15, 0.2) is 36.0 Å². The minimum Gasteiger partial charge on any atom is -0.339 e. The van der Waals surface area contributed by atoms with E-state index in [1.165, 1.54) is 17.8 Å². The third kappa shape index (κ3) is 2.82. The summed E-state index contributed by atoms with van der Waals surface area (Å²) in [5.74, 6) is 0.0908. The van der Waals surface area contributed by atoms with Gasteiger partial charge in [0.05, 0.1) is 17.2 Å². The van der Waals surface area contributed by atoms with E-state index < -0.39 is 0 Å². The van der Waals surface area contributed by atoms with Gasteiger partial charge in [-0.3, -0.25) is 9.78 Å². The quantitative estimate of drug-likeness (QED) is 0.725. The molecule has 0 spiro atoms. The summed E-state index contributed by atoms with van der Waals surface area (Å²) >= 11 is 1.53. The van der Waals surface area contributed by atoms with Gasteiger partial charge in [-0.25, -0.2) is 9.97 Å². The van der Waals surface area contributed by atoms with Gasteiger partial charge in [0.2, 0.25) is 0 Å². The second-order valence-electron chi connectivity index (χ2n) is 5.65. The standard InChI is InChI=1S/C17H16N4OS/c22-17(21-7-2-1-3-8-21)12-4-5-13-14(10-12)20-15(11-19-13)16-18-6-9-23-16/h4-6,9-11H,1-3,7-8H2. The SMILES string of the molecule is O=C(c1ccc2ncc(-c3nccs3)nc2c1)N1CCCCC1. The summed E-state index contributed by atoms with van der Waals surface area (Å²) in [4.78, 5) is 27.9. The number of aromatic nitrogens is 3. The summed E-state index contributed by atoms with van der Waals surface area (Å²) in [5, 5.41) is 2.75. The number of carbonyl (C=O) groups excluding carboxylic acids is 1. The second kappa shape index (κ2) is 6.04. The van der Waals surface area contributed by atoms with Crippen molar-refractivity contribution in [2.45, 2.75) is 19.3 Å². The Labute approximate surface area is 138 Å². The molecule has 0 radical (unpaired) electrons. The molecule has 2 aromatic heterocycles. The lowest BCUT2D eigenvalue weighted by molar-refractivity contribution is 0.0724. The van der Waals surface area contributed by atoms with Crippen molar-refractivity contribution >= 4 is 28.3 Å². The molecule has 0 bridgehead atoms. The summed E-state index contributed by atoms with van der Waals surface area (Å²) in [5.41, 5.74) is 2.96. The van der Waals surface area contributed by atoms with Gasteiger partial charge < -0.3 is 4.90 Å². The summed E-state index contributed by atoms with van der Waals surface area (Å²) in [6, 6.07) is 5.55. The Kier molecular flexibility index (Phi) is 3.75. The first-order valence-corrected chi connectivity index (χ1v) is 8.65. The van der Waals surface area contributed by atoms with E-state index in [9.17, 15) is 4.79 Å². The average molecular weight is 324 g/mol. The van der Waals surface area contributed by atoms with Crippen molar-refractivity contribution in [2.75, 3.05) is 13.1 Å². The minimum absolute atomic E-state index is 0.0908. The highest BCUT2D eigenvalue weighted by molar-refractivity contribution is 7.13. The van der Waals surface area contributed by atoms with Gasteiger partial charge in [0.1, 0.15) is 10.7 Å². The van der Waals surface area contributed by atoms with Crippen LogP contribution in [-0.4, -0.2) is 38.8 Å². The Hall–Kier alpha value is -2.34. The summed E-state index contributed by atoms with van der Waals surface area (Å²) in [6.45, 7) is 1.70. The predicted octanol–water partition coefficient (Wildman–Crippen LogP) is 3.38. The molecule has 23 heavy (non-hydrogen) atoms. The Morgan fingerprint density at radius 2 is 1.96 bits per heavy atom. The molecule has 1 aliphatic heterocycles. The van der Waals surface area contributed by atoms with Crippen molar-refractivity contribution in [3.05, 3.63) is 41.5 Å². The van der Waals surface area contributed by atoms with Crippen LogP contribution in [-0.2, 0) is 0 Å². The molecule has 0 N–H and O–H groups in total. The molecule has 116 valence electrons. The molecule has 1 aromatic carbocycles. The normalized spacial score (nSPS) is 15.0. The van der Waals surface area contributed by atoms with Gasteiger partial charge in [-0.15, -0.1) is 11.3 Å². The number of likely N-dealkylation sites (tertiary alicyclic amines) is 1. The van der Waals surface area contributed by atoms with Crippen LogP contribution in [0.3, 0.4) is 0 Å². The van der Waals surface area contributed by atoms with Crippen LogP contribution >= 0.6 is 11.3 Å². The van der Waals surface area contributed by atoms with Crippen LogP contribution in [0.2, 0.25) is 0 Å². The fraction of sp³-hybridized carbons (Fsp3) is 0.294. The average Bonchev–Trinajstić information content (AvgIpc) is 3.15. The lowest BCUT2D eigenvalue weighted by atomic mass is 10.1. The maximum atomic E-state index is 12.6. The Balaban J connectivity index is 1.69. The van der Waals surface area contributed by atoms with Crippen LogP contribution in [0.25, 0.3) is 21.7 Å². The van der Waals surface area contributed by atoms with E-state index in [1.807, 2.05) is 28.5 Å². The van der Waals surface area contributed by atoms with E-state index in [4.69, 9.17) is 0 Å². The monoisotopic (exact) mass is 324 g/mol. The smallest absolute Gasteiger partial charge is 0.253 e. The zero-order valence-corrected chi connectivity index (χ0v) is 13.4. The molecule has 0 unspecified atom stereocenters. The molecule has 0 saturated carbocycles. The molecule has 4 rings (SSSR count). The molecule has 1 amide bonds. The lowest BCUT2D eigenvalue weighted by Crippen LogP contribution is -2.35. The van der Waals surface area contributed by atoms with E-state index in [0.717, 1.165) is 47.7 Å². The van der Waals surface area contributed by atoms with Gasteiger partial charge in [-0.05, 0) is 37.5 Å².